The third-order valence-electron chi connectivity index (χ3n) is 4.23. The Kier molecular flexibility index (Phi) is 6.81. The quantitative estimate of drug-likeness (QED) is 0.212. The molecule has 8 nitrogen and oxygen atoms in total. The molecular weight excluding hydrogens is 364 g/mol. The van der Waals surface area contributed by atoms with Gasteiger partial charge in [-0.3, -0.25) is 19.2 Å². The van der Waals surface area contributed by atoms with Gasteiger partial charge in [-0.15, -0.1) is 6.58 Å². The van der Waals surface area contributed by atoms with Crippen molar-refractivity contribution in [2.75, 3.05) is 13.2 Å². The van der Waals surface area contributed by atoms with Crippen LogP contribution in [-0.2, 0) is 19.1 Å². The number of esters is 2. The van der Waals surface area contributed by atoms with E-state index in [-0.39, 0.29) is 37.2 Å². The maximum atomic E-state index is 12.5. The largest absolute Gasteiger partial charge is 0.465 e. The van der Waals surface area contributed by atoms with Gasteiger partial charge in [-0.2, -0.15) is 10.1 Å². The summed E-state index contributed by atoms with van der Waals surface area (Å²) in [5.41, 5.74) is -1.19. The molecular formula is C20H22N2O6. The lowest BCUT2D eigenvalue weighted by Crippen LogP contribution is -2.42. The van der Waals surface area contributed by atoms with E-state index in [2.05, 4.69) is 11.7 Å². The highest BCUT2D eigenvalue weighted by Crippen LogP contribution is 2.31. The lowest BCUT2D eigenvalue weighted by atomic mass is 9.81. The molecule has 28 heavy (non-hydrogen) atoms. The van der Waals surface area contributed by atoms with Crippen LogP contribution in [0.1, 0.15) is 47.4 Å². The van der Waals surface area contributed by atoms with Crippen molar-refractivity contribution in [3.63, 3.8) is 0 Å². The highest BCUT2D eigenvalue weighted by atomic mass is 16.6. The Bertz CT molecular complexity index is 777. The Labute approximate surface area is 162 Å². The molecule has 0 aromatic heterocycles. The van der Waals surface area contributed by atoms with Gasteiger partial charge in [0.15, 0.2) is 5.41 Å². The first-order valence-electron chi connectivity index (χ1n) is 8.88. The smallest absolute Gasteiger partial charge is 0.324 e. The van der Waals surface area contributed by atoms with E-state index in [0.29, 0.717) is 5.01 Å². The van der Waals surface area contributed by atoms with Gasteiger partial charge in [0.2, 0.25) is 0 Å². The number of allylic oxidation sites excluding steroid dienone is 1. The van der Waals surface area contributed by atoms with Crippen molar-refractivity contribution < 1.29 is 28.7 Å². The van der Waals surface area contributed by atoms with Gasteiger partial charge in [-0.05, 0) is 32.4 Å². The first-order valence-corrected chi connectivity index (χ1v) is 8.88. The van der Waals surface area contributed by atoms with Gasteiger partial charge in [0.1, 0.15) is 0 Å². The van der Waals surface area contributed by atoms with Crippen molar-refractivity contribution >= 4 is 30.0 Å². The molecule has 1 heterocycles. The summed E-state index contributed by atoms with van der Waals surface area (Å²) < 4.78 is 10.1. The van der Waals surface area contributed by atoms with Gasteiger partial charge in [-0.25, -0.2) is 0 Å². The molecule has 0 radical (unpaired) electrons. The second kappa shape index (κ2) is 9.07. The standard InChI is InChI=1S/C20H22N2O6/c1-4-11-20(18(25)27-5-2,19(26)28-6-3)12-13-21-22-16(23)14-9-7-8-10-15(14)17(22)24/h4,7-10,13H,1,5-6,11-12H2,2-3H3/b21-13+. The summed E-state index contributed by atoms with van der Waals surface area (Å²) in [6, 6.07) is 6.36. The van der Waals surface area contributed by atoms with Crippen LogP contribution in [0.3, 0.4) is 0 Å². The lowest BCUT2D eigenvalue weighted by molar-refractivity contribution is -0.171. The number of benzene rings is 1. The number of imide groups is 1. The average molecular weight is 386 g/mol. The van der Waals surface area contributed by atoms with Crippen LogP contribution in [0, 0.1) is 5.41 Å². The average Bonchev–Trinajstić information content (AvgIpc) is 2.92. The Morgan fingerprint density at radius 1 is 1.04 bits per heavy atom. The minimum absolute atomic E-state index is 0.0429. The Morgan fingerprint density at radius 3 is 1.96 bits per heavy atom. The molecule has 0 atom stereocenters. The van der Waals surface area contributed by atoms with Crippen LogP contribution >= 0.6 is 0 Å². The Balaban J connectivity index is 2.28. The van der Waals surface area contributed by atoms with E-state index < -0.39 is 29.2 Å². The fraction of sp³-hybridized carbons (Fsp3) is 0.350. The van der Waals surface area contributed by atoms with Crippen molar-refractivity contribution in [1.29, 1.82) is 0 Å². The number of hydrogen-bond donors (Lipinski definition) is 0. The van der Waals surface area contributed by atoms with E-state index in [0.717, 1.165) is 0 Å². The summed E-state index contributed by atoms with van der Waals surface area (Å²) in [6.07, 6.45) is 2.33. The van der Waals surface area contributed by atoms with Crippen LogP contribution in [0.15, 0.2) is 42.0 Å². The van der Waals surface area contributed by atoms with E-state index in [1.54, 1.807) is 26.0 Å². The van der Waals surface area contributed by atoms with E-state index in [9.17, 15) is 19.2 Å². The molecule has 0 aliphatic carbocycles. The van der Waals surface area contributed by atoms with Gasteiger partial charge in [0, 0.05) is 12.6 Å². The van der Waals surface area contributed by atoms with Gasteiger partial charge in [0.05, 0.1) is 24.3 Å². The van der Waals surface area contributed by atoms with Gasteiger partial charge in [0.25, 0.3) is 11.8 Å². The van der Waals surface area contributed by atoms with E-state index in [4.69, 9.17) is 9.47 Å². The van der Waals surface area contributed by atoms with Gasteiger partial charge >= 0.3 is 11.9 Å². The second-order valence-corrected chi connectivity index (χ2v) is 5.99. The molecule has 2 amide bonds. The molecule has 1 aliphatic rings. The number of hydrazone groups is 1. The molecule has 148 valence electrons. The van der Waals surface area contributed by atoms with Crippen molar-refractivity contribution in [2.45, 2.75) is 26.7 Å². The highest BCUT2D eigenvalue weighted by molar-refractivity contribution is 6.21. The highest BCUT2D eigenvalue weighted by Gasteiger charge is 2.47. The van der Waals surface area contributed by atoms with Crippen LogP contribution in [0.4, 0.5) is 0 Å². The van der Waals surface area contributed by atoms with Crippen LogP contribution in [-0.4, -0.2) is 48.2 Å². The predicted octanol–water partition coefficient (Wildman–Crippen LogP) is 2.35. The molecule has 0 N–H and O–H groups in total. The molecule has 0 spiro atoms. The fourth-order valence-corrected chi connectivity index (χ4v) is 2.84. The minimum atomic E-state index is -1.68. The normalized spacial score (nSPS) is 13.6. The molecule has 0 bridgehead atoms. The van der Waals surface area contributed by atoms with Crippen molar-refractivity contribution in [2.24, 2.45) is 10.5 Å². The molecule has 0 unspecified atom stereocenters. The maximum absolute atomic E-state index is 12.5. The topological polar surface area (TPSA) is 102 Å². The number of ether oxygens (including phenoxy) is 2. The summed E-state index contributed by atoms with van der Waals surface area (Å²) in [5.74, 6) is -2.69. The summed E-state index contributed by atoms with van der Waals surface area (Å²) in [4.78, 5) is 49.8. The van der Waals surface area contributed by atoms with Gasteiger partial charge < -0.3 is 9.47 Å². The van der Waals surface area contributed by atoms with E-state index >= 15 is 0 Å². The molecule has 2 rings (SSSR count). The summed E-state index contributed by atoms with van der Waals surface area (Å²) in [6.45, 7) is 6.98. The summed E-state index contributed by atoms with van der Waals surface area (Å²) in [7, 11) is 0. The van der Waals surface area contributed by atoms with Gasteiger partial charge in [-0.1, -0.05) is 18.2 Å². The fourth-order valence-electron chi connectivity index (χ4n) is 2.84. The van der Waals surface area contributed by atoms with Crippen LogP contribution < -0.4 is 0 Å². The summed E-state index contributed by atoms with van der Waals surface area (Å²) >= 11 is 0. The van der Waals surface area contributed by atoms with Crippen molar-refractivity contribution in [1.82, 2.24) is 5.01 Å². The molecule has 1 aromatic rings. The zero-order valence-corrected chi connectivity index (χ0v) is 15.8. The number of rotatable bonds is 9. The molecule has 0 fully saturated rings. The molecule has 0 saturated carbocycles. The second-order valence-electron chi connectivity index (χ2n) is 5.99. The minimum Gasteiger partial charge on any atom is -0.465 e. The first kappa shape index (κ1) is 21.0. The number of amides is 2. The Morgan fingerprint density at radius 2 is 1.54 bits per heavy atom. The monoisotopic (exact) mass is 386 g/mol. The lowest BCUT2D eigenvalue weighted by Gasteiger charge is -2.26. The third-order valence-corrected chi connectivity index (χ3v) is 4.23. The van der Waals surface area contributed by atoms with E-state index in [1.807, 2.05) is 0 Å². The molecule has 0 saturated heterocycles. The molecule has 8 heteroatoms. The predicted molar refractivity (Wildman–Crippen MR) is 101 cm³/mol. The van der Waals surface area contributed by atoms with Crippen molar-refractivity contribution in [3.8, 4) is 0 Å². The first-order chi connectivity index (χ1) is 13.4. The van der Waals surface area contributed by atoms with Crippen molar-refractivity contribution in [3.05, 3.63) is 48.0 Å². The van der Waals surface area contributed by atoms with E-state index in [1.165, 1.54) is 24.4 Å². The SMILES string of the molecule is C=CCC(C/C=N/N1C(=O)c2ccccc2C1=O)(C(=O)OCC)C(=O)OCC. The number of carbonyl (C=O) groups is 4. The summed E-state index contributed by atoms with van der Waals surface area (Å²) in [5, 5.41) is 4.62. The Hall–Kier alpha value is -3.29. The number of nitrogens with zero attached hydrogens (tertiary/aromatic N) is 2. The molecule has 1 aliphatic heterocycles. The third kappa shape index (κ3) is 3.85. The van der Waals surface area contributed by atoms with Crippen LogP contribution in [0.25, 0.3) is 0 Å². The van der Waals surface area contributed by atoms with Crippen LogP contribution in [0.5, 0.6) is 0 Å². The number of fused-ring (bicyclic) bond motifs is 1. The van der Waals surface area contributed by atoms with Crippen LogP contribution in [0.2, 0.25) is 0 Å². The zero-order valence-electron chi connectivity index (χ0n) is 15.8. The number of carbonyl (C=O) groups excluding carboxylic acids is 4. The maximum Gasteiger partial charge on any atom is 0.324 e. The molecule has 1 aromatic carbocycles. The number of hydrogen-bond acceptors (Lipinski definition) is 7. The zero-order chi connectivity index (χ0) is 20.7.